The van der Waals surface area contributed by atoms with Crippen LogP contribution < -0.4 is 0 Å². The van der Waals surface area contributed by atoms with Crippen molar-refractivity contribution in [1.29, 1.82) is 0 Å². The molecule has 20 heavy (non-hydrogen) atoms. The lowest BCUT2D eigenvalue weighted by Crippen LogP contribution is -2.00. The molecule has 0 aliphatic heterocycles. The summed E-state index contributed by atoms with van der Waals surface area (Å²) < 4.78 is 1.35. The number of rotatable bonds is 3. The lowest BCUT2D eigenvalue weighted by molar-refractivity contribution is -0.384. The van der Waals surface area contributed by atoms with E-state index in [-0.39, 0.29) is 16.3 Å². The first-order chi connectivity index (χ1) is 9.31. The number of nitro benzene ring substituents is 1. The summed E-state index contributed by atoms with van der Waals surface area (Å²) in [5.74, 6) is -1.08. The molecule has 0 saturated heterocycles. The molecule has 0 amide bonds. The Bertz CT molecular complexity index is 724. The van der Waals surface area contributed by atoms with E-state index in [9.17, 15) is 14.9 Å². The van der Waals surface area contributed by atoms with Gasteiger partial charge in [-0.1, -0.05) is 11.6 Å². The number of carboxylic acids is 1. The molecule has 0 bridgehead atoms. The molecule has 8 heteroatoms. The second-order valence-corrected chi connectivity index (χ2v) is 4.63. The maximum atomic E-state index is 11.0. The molecule has 0 spiro atoms. The predicted molar refractivity (Wildman–Crippen MR) is 71.7 cm³/mol. The molecule has 1 aromatic carbocycles. The summed E-state index contributed by atoms with van der Waals surface area (Å²) in [5.41, 5.74) is 1.29. The Balaban J connectivity index is 2.59. The highest BCUT2D eigenvalue weighted by Crippen LogP contribution is 2.29. The van der Waals surface area contributed by atoms with Gasteiger partial charge in [-0.15, -0.1) is 0 Å². The summed E-state index contributed by atoms with van der Waals surface area (Å²) >= 11 is 5.86. The van der Waals surface area contributed by atoms with Gasteiger partial charge < -0.3 is 5.11 Å². The maximum absolute atomic E-state index is 11.0. The molecular formula is C12H10ClN3O4. The second kappa shape index (κ2) is 4.93. The zero-order valence-corrected chi connectivity index (χ0v) is 11.4. The molecule has 1 aromatic heterocycles. The molecule has 1 N–H and O–H groups in total. The van der Waals surface area contributed by atoms with Crippen molar-refractivity contribution in [3.05, 3.63) is 50.3 Å². The van der Waals surface area contributed by atoms with E-state index in [1.807, 2.05) is 0 Å². The fraction of sp³-hybridized carbons (Fsp3) is 0.167. The lowest BCUT2D eigenvalue weighted by atomic mass is 10.2. The summed E-state index contributed by atoms with van der Waals surface area (Å²) in [4.78, 5) is 21.2. The molecule has 0 fully saturated rings. The van der Waals surface area contributed by atoms with Gasteiger partial charge in [0.05, 0.1) is 16.3 Å². The number of benzene rings is 1. The Kier molecular flexibility index (Phi) is 3.46. The minimum Gasteiger partial charge on any atom is -0.478 e. The van der Waals surface area contributed by atoms with Gasteiger partial charge in [-0.3, -0.25) is 10.1 Å². The van der Waals surface area contributed by atoms with Gasteiger partial charge in [-0.25, -0.2) is 9.48 Å². The monoisotopic (exact) mass is 295 g/mol. The Morgan fingerprint density at radius 2 is 2.10 bits per heavy atom. The van der Waals surface area contributed by atoms with E-state index in [4.69, 9.17) is 16.7 Å². The van der Waals surface area contributed by atoms with Crippen LogP contribution in [0.5, 0.6) is 0 Å². The second-order valence-electron chi connectivity index (χ2n) is 4.23. The Labute approximate surface area is 118 Å². The Hall–Kier alpha value is -2.41. The summed E-state index contributed by atoms with van der Waals surface area (Å²) in [6, 6.07) is 2.72. The van der Waals surface area contributed by atoms with Crippen LogP contribution in [0.25, 0.3) is 5.69 Å². The summed E-state index contributed by atoms with van der Waals surface area (Å²) in [5, 5.41) is 23.8. The average molecular weight is 296 g/mol. The van der Waals surface area contributed by atoms with Crippen LogP contribution in [0.2, 0.25) is 5.02 Å². The summed E-state index contributed by atoms with van der Waals surface area (Å²) in [6.45, 7) is 3.23. The molecule has 0 saturated carbocycles. The average Bonchev–Trinajstić information content (AvgIpc) is 2.73. The first-order valence-electron chi connectivity index (χ1n) is 5.55. The van der Waals surface area contributed by atoms with E-state index in [1.165, 1.54) is 23.0 Å². The fourth-order valence-electron chi connectivity index (χ4n) is 1.84. The van der Waals surface area contributed by atoms with Crippen molar-refractivity contribution in [2.45, 2.75) is 13.8 Å². The summed E-state index contributed by atoms with van der Waals surface area (Å²) in [6.07, 6.45) is 1.35. The number of halogens is 1. The third kappa shape index (κ3) is 2.35. The van der Waals surface area contributed by atoms with Crippen molar-refractivity contribution in [3.63, 3.8) is 0 Å². The highest BCUT2D eigenvalue weighted by Gasteiger charge is 2.18. The van der Waals surface area contributed by atoms with Crippen LogP contribution in [0.15, 0.2) is 18.3 Å². The lowest BCUT2D eigenvalue weighted by Gasteiger charge is -2.06. The van der Waals surface area contributed by atoms with Gasteiger partial charge in [0.2, 0.25) is 0 Å². The van der Waals surface area contributed by atoms with E-state index in [1.54, 1.807) is 13.8 Å². The van der Waals surface area contributed by atoms with Crippen molar-refractivity contribution in [2.24, 2.45) is 0 Å². The Morgan fingerprint density at radius 3 is 2.60 bits per heavy atom. The van der Waals surface area contributed by atoms with Crippen LogP contribution in [0.1, 0.15) is 21.6 Å². The predicted octanol–water partition coefficient (Wildman–Crippen LogP) is 2.75. The fourth-order valence-corrected chi connectivity index (χ4v) is 2.06. The van der Waals surface area contributed by atoms with E-state index in [2.05, 4.69) is 5.10 Å². The standard InChI is InChI=1S/C12H10ClN3O4/c1-6-3-11(16(19)20)9(13)4-10(6)15-5-8(12(17)18)7(2)14-15/h3-5H,1-2H3,(H,17,18). The molecule has 0 aliphatic rings. The SMILES string of the molecule is Cc1cc([N+](=O)[O-])c(Cl)cc1-n1cc(C(=O)O)c(C)n1. The van der Waals surface area contributed by atoms with Crippen molar-refractivity contribution in [3.8, 4) is 5.69 Å². The number of hydrogen-bond acceptors (Lipinski definition) is 4. The van der Waals surface area contributed by atoms with E-state index >= 15 is 0 Å². The van der Waals surface area contributed by atoms with Gasteiger partial charge >= 0.3 is 5.97 Å². The third-order valence-electron chi connectivity index (χ3n) is 2.84. The number of nitrogens with zero attached hydrogens (tertiary/aromatic N) is 3. The quantitative estimate of drug-likeness (QED) is 0.693. The van der Waals surface area contributed by atoms with Crippen molar-refractivity contribution < 1.29 is 14.8 Å². The van der Waals surface area contributed by atoms with Crippen LogP contribution in [0.3, 0.4) is 0 Å². The minimum atomic E-state index is -1.08. The van der Waals surface area contributed by atoms with Gasteiger partial charge in [-0.05, 0) is 25.5 Å². The number of carbonyl (C=O) groups is 1. The molecular weight excluding hydrogens is 286 g/mol. The number of nitro groups is 1. The number of aromatic carboxylic acids is 1. The first-order valence-corrected chi connectivity index (χ1v) is 5.93. The van der Waals surface area contributed by atoms with E-state index in [0.29, 0.717) is 16.9 Å². The normalized spacial score (nSPS) is 10.6. The summed E-state index contributed by atoms with van der Waals surface area (Å²) in [7, 11) is 0. The highest BCUT2D eigenvalue weighted by molar-refractivity contribution is 6.32. The van der Waals surface area contributed by atoms with Gasteiger partial charge in [0.25, 0.3) is 5.69 Å². The van der Waals surface area contributed by atoms with Crippen LogP contribution in [-0.4, -0.2) is 25.8 Å². The largest absolute Gasteiger partial charge is 0.478 e. The van der Waals surface area contributed by atoms with E-state index < -0.39 is 10.9 Å². The highest BCUT2D eigenvalue weighted by atomic mass is 35.5. The molecule has 0 radical (unpaired) electrons. The van der Waals surface area contributed by atoms with Crippen LogP contribution in [0.4, 0.5) is 5.69 Å². The molecule has 0 aliphatic carbocycles. The van der Waals surface area contributed by atoms with Crippen molar-refractivity contribution in [1.82, 2.24) is 9.78 Å². The maximum Gasteiger partial charge on any atom is 0.339 e. The van der Waals surface area contributed by atoms with Crippen molar-refractivity contribution >= 4 is 23.3 Å². The molecule has 7 nitrogen and oxygen atoms in total. The van der Waals surface area contributed by atoms with Gasteiger partial charge in [0, 0.05) is 12.3 Å². The minimum absolute atomic E-state index is 0.0272. The first kappa shape index (κ1) is 14.0. The van der Waals surface area contributed by atoms with Gasteiger partial charge in [-0.2, -0.15) is 5.10 Å². The molecule has 0 atom stereocenters. The van der Waals surface area contributed by atoms with Gasteiger partial charge in [0.1, 0.15) is 10.6 Å². The zero-order valence-electron chi connectivity index (χ0n) is 10.6. The topological polar surface area (TPSA) is 98.3 Å². The molecule has 2 rings (SSSR count). The van der Waals surface area contributed by atoms with E-state index in [0.717, 1.165) is 0 Å². The Morgan fingerprint density at radius 1 is 1.45 bits per heavy atom. The smallest absolute Gasteiger partial charge is 0.339 e. The number of aromatic nitrogens is 2. The van der Waals surface area contributed by atoms with Crippen LogP contribution >= 0.6 is 11.6 Å². The van der Waals surface area contributed by atoms with Crippen molar-refractivity contribution in [2.75, 3.05) is 0 Å². The molecule has 0 unspecified atom stereocenters. The molecule has 104 valence electrons. The van der Waals surface area contributed by atoms with Crippen LogP contribution in [0, 0.1) is 24.0 Å². The number of aryl methyl sites for hydroxylation is 2. The zero-order chi connectivity index (χ0) is 15.0. The number of carboxylic acid groups (broad SMARTS) is 1. The van der Waals surface area contributed by atoms with Gasteiger partial charge in [0.15, 0.2) is 0 Å². The molecule has 2 aromatic rings. The number of hydrogen-bond donors (Lipinski definition) is 1. The van der Waals surface area contributed by atoms with Crippen LogP contribution in [-0.2, 0) is 0 Å². The molecule has 1 heterocycles. The third-order valence-corrected chi connectivity index (χ3v) is 3.14.